The van der Waals surface area contributed by atoms with Gasteiger partial charge in [-0.25, -0.2) is 0 Å². The van der Waals surface area contributed by atoms with Crippen molar-refractivity contribution < 1.29 is 9.59 Å². The Balaban J connectivity index is 3.15. The summed E-state index contributed by atoms with van der Waals surface area (Å²) in [5.74, 6) is 0.145. The van der Waals surface area contributed by atoms with Gasteiger partial charge in [0, 0.05) is 39.5 Å². The summed E-state index contributed by atoms with van der Waals surface area (Å²) in [6, 6.07) is 0. The average molecular weight is 412 g/mol. The molecule has 0 aliphatic rings. The lowest BCUT2D eigenvalue weighted by Crippen LogP contribution is -2.35. The van der Waals surface area contributed by atoms with Crippen molar-refractivity contribution in [1.29, 1.82) is 0 Å². The smallest absolute Gasteiger partial charge is 0.220 e. The van der Waals surface area contributed by atoms with Gasteiger partial charge in [-0.15, -0.1) is 0 Å². The predicted octanol–water partition coefficient (Wildman–Crippen LogP) is 5.09. The highest BCUT2D eigenvalue weighted by Crippen LogP contribution is 2.13. The van der Waals surface area contributed by atoms with Gasteiger partial charge in [-0.05, 0) is 6.42 Å². The fourth-order valence-corrected chi connectivity index (χ4v) is 3.49. The number of hydrogen-bond acceptors (Lipinski definition) is 3. The fraction of sp³-hybridized carbons (Fsp3) is 0.917. The Kier molecular flexibility index (Phi) is 22.3. The Morgan fingerprint density at radius 3 is 1.41 bits per heavy atom. The van der Waals surface area contributed by atoms with Crippen molar-refractivity contribution in [3.8, 4) is 0 Å². The first-order chi connectivity index (χ1) is 14.2. The van der Waals surface area contributed by atoms with E-state index < -0.39 is 0 Å². The molecule has 5 heteroatoms. The van der Waals surface area contributed by atoms with Gasteiger partial charge in [0.1, 0.15) is 0 Å². The molecule has 0 atom stereocenters. The summed E-state index contributed by atoms with van der Waals surface area (Å²) in [6.07, 6.45) is 20.8. The van der Waals surface area contributed by atoms with E-state index in [1.54, 1.807) is 0 Å². The highest BCUT2D eigenvalue weighted by molar-refractivity contribution is 5.75. The second kappa shape index (κ2) is 23.2. The van der Waals surface area contributed by atoms with E-state index in [1.165, 1.54) is 96.8 Å². The van der Waals surface area contributed by atoms with Crippen LogP contribution in [0.1, 0.15) is 117 Å². The van der Waals surface area contributed by atoms with Gasteiger partial charge in [0.25, 0.3) is 0 Å². The largest absolute Gasteiger partial charge is 0.355 e. The minimum atomic E-state index is -0.0106. The SMILES string of the molecule is CCCCCCCCCCCCCCCCCC(=O)NCCNCCNC(C)=O. The van der Waals surface area contributed by atoms with Crippen molar-refractivity contribution in [3.05, 3.63) is 0 Å². The third kappa shape index (κ3) is 24.9. The minimum Gasteiger partial charge on any atom is -0.355 e. The van der Waals surface area contributed by atoms with Crippen molar-refractivity contribution in [1.82, 2.24) is 16.0 Å². The lowest BCUT2D eigenvalue weighted by atomic mass is 10.0. The van der Waals surface area contributed by atoms with Crippen molar-refractivity contribution in [2.24, 2.45) is 0 Å². The maximum atomic E-state index is 11.8. The molecule has 0 aliphatic heterocycles. The Morgan fingerprint density at radius 1 is 0.552 bits per heavy atom. The number of rotatable bonds is 22. The molecule has 5 nitrogen and oxygen atoms in total. The van der Waals surface area contributed by atoms with Crippen LogP contribution in [0.3, 0.4) is 0 Å². The van der Waals surface area contributed by atoms with Crippen LogP contribution >= 0.6 is 0 Å². The van der Waals surface area contributed by atoms with Gasteiger partial charge >= 0.3 is 0 Å². The summed E-state index contributed by atoms with van der Waals surface area (Å²) in [5.41, 5.74) is 0. The molecular weight excluding hydrogens is 362 g/mol. The molecule has 0 radical (unpaired) electrons. The average Bonchev–Trinajstić information content (AvgIpc) is 2.70. The highest BCUT2D eigenvalue weighted by atomic mass is 16.2. The van der Waals surface area contributed by atoms with E-state index in [0.29, 0.717) is 19.5 Å². The zero-order chi connectivity index (χ0) is 21.4. The maximum Gasteiger partial charge on any atom is 0.220 e. The second-order valence-electron chi connectivity index (χ2n) is 8.28. The second-order valence-corrected chi connectivity index (χ2v) is 8.28. The third-order valence-electron chi connectivity index (χ3n) is 5.31. The number of carbonyl (C=O) groups is 2. The van der Waals surface area contributed by atoms with Gasteiger partial charge in [0.15, 0.2) is 0 Å². The number of unbranched alkanes of at least 4 members (excludes halogenated alkanes) is 14. The quantitative estimate of drug-likeness (QED) is 0.217. The lowest BCUT2D eigenvalue weighted by Gasteiger charge is -2.07. The van der Waals surface area contributed by atoms with Gasteiger partial charge in [-0.2, -0.15) is 0 Å². The van der Waals surface area contributed by atoms with Crippen LogP contribution in [0.15, 0.2) is 0 Å². The molecule has 0 saturated heterocycles. The first-order valence-electron chi connectivity index (χ1n) is 12.4. The number of amides is 2. The van der Waals surface area contributed by atoms with E-state index >= 15 is 0 Å². The first kappa shape index (κ1) is 27.9. The summed E-state index contributed by atoms with van der Waals surface area (Å²) >= 11 is 0. The minimum absolute atomic E-state index is 0.0106. The maximum absolute atomic E-state index is 11.8. The topological polar surface area (TPSA) is 70.2 Å². The van der Waals surface area contributed by atoms with Crippen LogP contribution in [0.5, 0.6) is 0 Å². The molecule has 0 bridgehead atoms. The highest BCUT2D eigenvalue weighted by Gasteiger charge is 2.00. The summed E-state index contributed by atoms with van der Waals surface area (Å²) < 4.78 is 0. The van der Waals surface area contributed by atoms with Crippen LogP contribution in [0.2, 0.25) is 0 Å². The summed E-state index contributed by atoms with van der Waals surface area (Å²) in [7, 11) is 0. The Labute approximate surface area is 180 Å². The third-order valence-corrected chi connectivity index (χ3v) is 5.31. The van der Waals surface area contributed by atoms with Crippen LogP contribution in [-0.4, -0.2) is 38.0 Å². The molecule has 0 spiro atoms. The molecule has 0 unspecified atom stereocenters. The zero-order valence-corrected chi connectivity index (χ0v) is 19.5. The normalized spacial score (nSPS) is 10.8. The molecule has 0 fully saturated rings. The summed E-state index contributed by atoms with van der Waals surface area (Å²) in [6.45, 7) is 6.54. The number of hydrogen-bond donors (Lipinski definition) is 3. The van der Waals surface area contributed by atoms with E-state index in [4.69, 9.17) is 0 Å². The van der Waals surface area contributed by atoms with Gasteiger partial charge < -0.3 is 16.0 Å². The molecule has 29 heavy (non-hydrogen) atoms. The predicted molar refractivity (Wildman–Crippen MR) is 124 cm³/mol. The molecule has 0 aromatic rings. The monoisotopic (exact) mass is 411 g/mol. The lowest BCUT2D eigenvalue weighted by molar-refractivity contribution is -0.121. The van der Waals surface area contributed by atoms with Crippen LogP contribution in [0.25, 0.3) is 0 Å². The molecular formula is C24H49N3O2. The molecule has 0 aromatic carbocycles. The van der Waals surface area contributed by atoms with E-state index in [-0.39, 0.29) is 11.8 Å². The van der Waals surface area contributed by atoms with Crippen molar-refractivity contribution in [3.63, 3.8) is 0 Å². The molecule has 3 N–H and O–H groups in total. The van der Waals surface area contributed by atoms with Crippen molar-refractivity contribution in [2.75, 3.05) is 26.2 Å². The van der Waals surface area contributed by atoms with Gasteiger partial charge in [0.05, 0.1) is 0 Å². The van der Waals surface area contributed by atoms with E-state index in [2.05, 4.69) is 22.9 Å². The molecule has 0 rings (SSSR count). The van der Waals surface area contributed by atoms with E-state index in [1.807, 2.05) is 0 Å². The number of nitrogens with one attached hydrogen (secondary N) is 3. The van der Waals surface area contributed by atoms with Gasteiger partial charge in [-0.3, -0.25) is 9.59 Å². The van der Waals surface area contributed by atoms with E-state index in [0.717, 1.165) is 19.5 Å². The Bertz CT molecular complexity index is 375. The summed E-state index contributed by atoms with van der Waals surface area (Å²) in [4.78, 5) is 22.5. The van der Waals surface area contributed by atoms with Crippen molar-refractivity contribution >= 4 is 11.8 Å². The van der Waals surface area contributed by atoms with Crippen LogP contribution in [0.4, 0.5) is 0 Å². The molecule has 2 amide bonds. The number of carbonyl (C=O) groups excluding carboxylic acids is 2. The molecule has 0 saturated carbocycles. The first-order valence-corrected chi connectivity index (χ1v) is 12.4. The van der Waals surface area contributed by atoms with Crippen LogP contribution in [-0.2, 0) is 9.59 Å². The Morgan fingerprint density at radius 2 is 0.966 bits per heavy atom. The van der Waals surface area contributed by atoms with Crippen LogP contribution in [0, 0.1) is 0 Å². The summed E-state index contributed by atoms with van der Waals surface area (Å²) in [5, 5.41) is 8.86. The molecule has 0 aromatic heterocycles. The molecule has 172 valence electrons. The van der Waals surface area contributed by atoms with Crippen LogP contribution < -0.4 is 16.0 Å². The van der Waals surface area contributed by atoms with Crippen molar-refractivity contribution in [2.45, 2.75) is 117 Å². The fourth-order valence-electron chi connectivity index (χ4n) is 3.49. The zero-order valence-electron chi connectivity index (χ0n) is 19.5. The Hall–Kier alpha value is -1.10. The molecule has 0 aliphatic carbocycles. The standard InChI is InChI=1S/C24H49N3O2/c1-3-4-5-6-7-8-9-10-11-12-13-14-15-16-17-18-24(29)27-22-20-25-19-21-26-23(2)28/h25H,3-22H2,1-2H3,(H,26,28)(H,27,29). The van der Waals surface area contributed by atoms with E-state index in [9.17, 15) is 9.59 Å². The van der Waals surface area contributed by atoms with Gasteiger partial charge in [0.2, 0.25) is 11.8 Å². The van der Waals surface area contributed by atoms with Gasteiger partial charge in [-0.1, -0.05) is 96.8 Å². The molecule has 0 heterocycles.